The summed E-state index contributed by atoms with van der Waals surface area (Å²) < 4.78 is 0. The van der Waals surface area contributed by atoms with Crippen LogP contribution in [0.25, 0.3) is 0 Å². The monoisotopic (exact) mass is 266 g/mol. The number of aryl methyl sites for hydroxylation is 1. The fraction of sp³-hybridized carbons (Fsp3) is 0.385. The number of amides is 1. The van der Waals surface area contributed by atoms with Gasteiger partial charge < -0.3 is 16.2 Å². The number of rotatable bonds is 6. The van der Waals surface area contributed by atoms with Crippen LogP contribution in [0.3, 0.4) is 0 Å². The maximum atomic E-state index is 11.8. The highest BCUT2D eigenvalue weighted by atomic mass is 32.1. The lowest BCUT2D eigenvalue weighted by atomic mass is 10.1. The van der Waals surface area contributed by atoms with Crippen LogP contribution in [0.15, 0.2) is 18.2 Å². The number of aromatic hydroxyl groups is 1. The summed E-state index contributed by atoms with van der Waals surface area (Å²) in [6.07, 6.45) is 2.44. The highest BCUT2D eigenvalue weighted by molar-refractivity contribution is 7.80. The predicted molar refractivity (Wildman–Crippen MR) is 75.8 cm³/mol. The number of nitrogens with two attached hydrogens (primary N) is 1. The number of hydrogen-bond donors (Lipinski definition) is 3. The van der Waals surface area contributed by atoms with Gasteiger partial charge in [-0.3, -0.25) is 4.79 Å². The first kappa shape index (κ1) is 14.4. The first-order valence-corrected chi connectivity index (χ1v) is 6.27. The van der Waals surface area contributed by atoms with Gasteiger partial charge in [-0.2, -0.15) is 0 Å². The lowest BCUT2D eigenvalue weighted by Crippen LogP contribution is -2.25. The van der Waals surface area contributed by atoms with Crippen molar-refractivity contribution in [1.29, 1.82) is 0 Å². The third-order valence-electron chi connectivity index (χ3n) is 2.59. The van der Waals surface area contributed by atoms with Gasteiger partial charge in [0.2, 0.25) is 0 Å². The van der Waals surface area contributed by atoms with Gasteiger partial charge >= 0.3 is 0 Å². The fourth-order valence-corrected chi connectivity index (χ4v) is 1.77. The van der Waals surface area contributed by atoms with Crippen LogP contribution in [0.5, 0.6) is 5.75 Å². The number of unbranched alkanes of at least 4 members (excludes halogenated alkanes) is 1. The quantitative estimate of drug-likeness (QED) is 0.543. The average molecular weight is 266 g/mol. The molecule has 0 aromatic heterocycles. The van der Waals surface area contributed by atoms with Crippen LogP contribution in [0, 0.1) is 6.92 Å². The number of carbonyl (C=O) groups excluding carboxylic acids is 1. The Hall–Kier alpha value is -1.62. The number of nitrogens with one attached hydrogen (secondary N) is 1. The highest BCUT2D eigenvalue weighted by Crippen LogP contribution is 2.15. The Morgan fingerprint density at radius 1 is 1.44 bits per heavy atom. The number of phenolic OH excluding ortho intramolecular Hbond substituents is 1. The van der Waals surface area contributed by atoms with Crippen molar-refractivity contribution in [3.63, 3.8) is 0 Å². The third kappa shape index (κ3) is 4.71. The zero-order valence-electron chi connectivity index (χ0n) is 10.4. The second-order valence-corrected chi connectivity index (χ2v) is 4.70. The molecular weight excluding hydrogens is 248 g/mol. The number of carbonyl (C=O) groups is 1. The molecular formula is C13H18N2O2S. The second-order valence-electron chi connectivity index (χ2n) is 4.18. The molecule has 0 spiro atoms. The minimum Gasteiger partial charge on any atom is -0.508 e. The lowest BCUT2D eigenvalue weighted by molar-refractivity contribution is 0.0952. The van der Waals surface area contributed by atoms with Gasteiger partial charge in [-0.25, -0.2) is 0 Å². The molecule has 0 bridgehead atoms. The Bertz CT molecular complexity index is 447. The topological polar surface area (TPSA) is 75.3 Å². The molecule has 0 aliphatic heterocycles. The predicted octanol–water partition coefficient (Wildman–Crippen LogP) is 1.89. The van der Waals surface area contributed by atoms with E-state index in [1.165, 1.54) is 6.07 Å². The molecule has 0 fully saturated rings. The summed E-state index contributed by atoms with van der Waals surface area (Å²) in [5, 5.41) is 12.1. The molecule has 0 unspecified atom stereocenters. The van der Waals surface area contributed by atoms with Crippen molar-refractivity contribution in [2.24, 2.45) is 5.73 Å². The first-order valence-electron chi connectivity index (χ1n) is 5.87. The molecule has 1 aromatic carbocycles. The second kappa shape index (κ2) is 6.96. The summed E-state index contributed by atoms with van der Waals surface area (Å²) >= 11 is 4.77. The molecule has 4 nitrogen and oxygen atoms in total. The Morgan fingerprint density at radius 3 is 2.78 bits per heavy atom. The van der Waals surface area contributed by atoms with E-state index in [0.717, 1.165) is 18.4 Å². The summed E-state index contributed by atoms with van der Waals surface area (Å²) in [5.74, 6) is 0.0448. The van der Waals surface area contributed by atoms with E-state index in [-0.39, 0.29) is 11.7 Å². The molecule has 5 heteroatoms. The van der Waals surface area contributed by atoms with E-state index in [9.17, 15) is 9.90 Å². The summed E-state index contributed by atoms with van der Waals surface area (Å²) in [5.41, 5.74) is 6.73. The smallest absolute Gasteiger partial charge is 0.251 e. The minimum atomic E-state index is -0.122. The molecule has 0 aliphatic rings. The van der Waals surface area contributed by atoms with E-state index in [2.05, 4.69) is 5.32 Å². The zero-order chi connectivity index (χ0) is 13.5. The number of hydrogen-bond acceptors (Lipinski definition) is 3. The van der Waals surface area contributed by atoms with Gasteiger partial charge in [0.05, 0.1) is 4.99 Å². The van der Waals surface area contributed by atoms with Gasteiger partial charge in [-0.05, 0) is 49.9 Å². The van der Waals surface area contributed by atoms with Crippen molar-refractivity contribution in [2.75, 3.05) is 6.54 Å². The van der Waals surface area contributed by atoms with Crippen LogP contribution in [-0.2, 0) is 0 Å². The zero-order valence-corrected chi connectivity index (χ0v) is 11.2. The number of benzene rings is 1. The van der Waals surface area contributed by atoms with Crippen LogP contribution in [0.4, 0.5) is 0 Å². The van der Waals surface area contributed by atoms with E-state index in [0.29, 0.717) is 23.5 Å². The molecule has 0 saturated carbocycles. The van der Waals surface area contributed by atoms with Gasteiger partial charge in [0.25, 0.3) is 5.91 Å². The van der Waals surface area contributed by atoms with Crippen LogP contribution in [-0.4, -0.2) is 22.5 Å². The summed E-state index contributed by atoms with van der Waals surface area (Å²) in [6.45, 7) is 2.39. The van der Waals surface area contributed by atoms with E-state index in [1.54, 1.807) is 19.1 Å². The van der Waals surface area contributed by atoms with Crippen molar-refractivity contribution >= 4 is 23.1 Å². The largest absolute Gasteiger partial charge is 0.508 e. The lowest BCUT2D eigenvalue weighted by Gasteiger charge is -2.07. The van der Waals surface area contributed by atoms with E-state index < -0.39 is 0 Å². The maximum absolute atomic E-state index is 11.8. The van der Waals surface area contributed by atoms with Crippen LogP contribution in [0.1, 0.15) is 35.2 Å². The molecule has 4 N–H and O–H groups in total. The Morgan fingerprint density at radius 2 is 2.17 bits per heavy atom. The van der Waals surface area contributed by atoms with Crippen molar-refractivity contribution in [3.05, 3.63) is 29.3 Å². The van der Waals surface area contributed by atoms with Gasteiger partial charge in [-0.1, -0.05) is 12.2 Å². The maximum Gasteiger partial charge on any atom is 0.251 e. The van der Waals surface area contributed by atoms with Gasteiger partial charge in [0, 0.05) is 12.1 Å². The normalized spacial score (nSPS) is 10.1. The minimum absolute atomic E-state index is 0.122. The van der Waals surface area contributed by atoms with Gasteiger partial charge in [-0.15, -0.1) is 0 Å². The third-order valence-corrected chi connectivity index (χ3v) is 2.79. The van der Waals surface area contributed by atoms with Crippen LogP contribution in [0.2, 0.25) is 0 Å². The standard InChI is InChI=1S/C13H18N2O2S/c1-9-8-10(16)5-6-11(9)13(17)15-7-3-2-4-12(14)18/h5-6,8,16H,2-4,7H2,1H3,(H2,14,18)(H,15,17). The Kier molecular flexibility index (Phi) is 5.58. The molecule has 0 radical (unpaired) electrons. The average Bonchev–Trinajstić information content (AvgIpc) is 2.27. The number of thiocarbonyl (C=S) groups is 1. The summed E-state index contributed by atoms with van der Waals surface area (Å²) in [7, 11) is 0. The summed E-state index contributed by atoms with van der Waals surface area (Å²) in [4.78, 5) is 12.3. The van der Waals surface area contributed by atoms with Gasteiger partial charge in [0.1, 0.15) is 5.75 Å². The van der Waals surface area contributed by atoms with Crippen molar-refractivity contribution < 1.29 is 9.90 Å². The first-order chi connectivity index (χ1) is 8.50. The van der Waals surface area contributed by atoms with Crippen LogP contribution < -0.4 is 11.1 Å². The molecule has 1 rings (SSSR count). The van der Waals surface area contributed by atoms with Crippen molar-refractivity contribution in [2.45, 2.75) is 26.2 Å². The molecule has 1 aromatic rings. The van der Waals surface area contributed by atoms with E-state index in [1.807, 2.05) is 0 Å². The highest BCUT2D eigenvalue weighted by Gasteiger charge is 2.08. The van der Waals surface area contributed by atoms with E-state index in [4.69, 9.17) is 18.0 Å². The molecule has 0 atom stereocenters. The van der Waals surface area contributed by atoms with Crippen LogP contribution >= 0.6 is 12.2 Å². The molecule has 1 amide bonds. The molecule has 98 valence electrons. The molecule has 18 heavy (non-hydrogen) atoms. The van der Waals surface area contributed by atoms with Crippen molar-refractivity contribution in [3.8, 4) is 5.75 Å². The SMILES string of the molecule is Cc1cc(O)ccc1C(=O)NCCCCC(N)=S. The Balaban J connectivity index is 2.39. The van der Waals surface area contributed by atoms with E-state index >= 15 is 0 Å². The molecule has 0 aliphatic carbocycles. The fourth-order valence-electron chi connectivity index (χ4n) is 1.62. The van der Waals surface area contributed by atoms with Gasteiger partial charge in [0.15, 0.2) is 0 Å². The molecule has 0 saturated heterocycles. The van der Waals surface area contributed by atoms with Crippen molar-refractivity contribution in [1.82, 2.24) is 5.32 Å². The summed E-state index contributed by atoms with van der Waals surface area (Å²) in [6, 6.07) is 4.70. The Labute approximate surface area is 112 Å². The molecule has 0 heterocycles. The number of phenols is 1.